The number of nitrogens with one attached hydrogen (secondary N) is 2. The standard InChI is InChI=1S/C11H19N3O2/c1-3-6-12-7-9(2)8-14-11(16)5-4-10(15)13-14/h4-5,9,12H,3,6-8H2,1-2H3,(H,13,15). The van der Waals surface area contributed by atoms with Gasteiger partial charge in [-0.25, -0.2) is 4.68 Å². The molecule has 1 aromatic rings. The van der Waals surface area contributed by atoms with Gasteiger partial charge in [-0.1, -0.05) is 13.8 Å². The van der Waals surface area contributed by atoms with E-state index in [4.69, 9.17) is 0 Å². The first kappa shape index (κ1) is 12.7. The average Bonchev–Trinajstić information content (AvgIpc) is 2.24. The second kappa shape index (κ2) is 6.27. The molecule has 1 atom stereocenters. The van der Waals surface area contributed by atoms with Crippen molar-refractivity contribution in [2.45, 2.75) is 26.8 Å². The minimum Gasteiger partial charge on any atom is -0.316 e. The number of aromatic nitrogens is 2. The smallest absolute Gasteiger partial charge is 0.265 e. The lowest BCUT2D eigenvalue weighted by Crippen LogP contribution is -2.33. The van der Waals surface area contributed by atoms with Crippen LogP contribution in [0.5, 0.6) is 0 Å². The summed E-state index contributed by atoms with van der Waals surface area (Å²) < 4.78 is 1.36. The Morgan fingerprint density at radius 1 is 1.44 bits per heavy atom. The third-order valence-corrected chi connectivity index (χ3v) is 2.30. The maximum Gasteiger partial charge on any atom is 0.265 e. The molecule has 0 fully saturated rings. The minimum atomic E-state index is -0.242. The molecule has 5 nitrogen and oxygen atoms in total. The van der Waals surface area contributed by atoms with Gasteiger partial charge in [-0.2, -0.15) is 0 Å². The van der Waals surface area contributed by atoms with Crippen molar-refractivity contribution in [2.75, 3.05) is 13.1 Å². The Balaban J connectivity index is 2.55. The first-order valence-electron chi connectivity index (χ1n) is 5.64. The highest BCUT2D eigenvalue weighted by Crippen LogP contribution is 1.94. The van der Waals surface area contributed by atoms with E-state index in [-0.39, 0.29) is 11.1 Å². The van der Waals surface area contributed by atoms with Crippen LogP contribution < -0.4 is 16.4 Å². The lowest BCUT2D eigenvalue weighted by Gasteiger charge is -2.13. The lowest BCUT2D eigenvalue weighted by atomic mass is 10.2. The van der Waals surface area contributed by atoms with Crippen molar-refractivity contribution in [3.63, 3.8) is 0 Å². The van der Waals surface area contributed by atoms with Crippen LogP contribution in [0.1, 0.15) is 20.3 Å². The molecule has 90 valence electrons. The molecule has 1 aromatic heterocycles. The molecular formula is C11H19N3O2. The van der Waals surface area contributed by atoms with Crippen LogP contribution in [0.2, 0.25) is 0 Å². The van der Waals surface area contributed by atoms with Gasteiger partial charge in [0.1, 0.15) is 0 Å². The Bertz CT molecular complexity index is 422. The summed E-state index contributed by atoms with van der Waals surface area (Å²) >= 11 is 0. The molecule has 0 aliphatic heterocycles. The van der Waals surface area contributed by atoms with Crippen molar-refractivity contribution >= 4 is 0 Å². The topological polar surface area (TPSA) is 66.9 Å². The number of rotatable bonds is 6. The molecule has 0 bridgehead atoms. The Morgan fingerprint density at radius 3 is 2.88 bits per heavy atom. The Morgan fingerprint density at radius 2 is 2.19 bits per heavy atom. The summed E-state index contributed by atoms with van der Waals surface area (Å²) in [5.74, 6) is 0.308. The van der Waals surface area contributed by atoms with E-state index < -0.39 is 0 Å². The van der Waals surface area contributed by atoms with Gasteiger partial charge in [-0.05, 0) is 25.4 Å². The van der Waals surface area contributed by atoms with E-state index in [0.29, 0.717) is 12.5 Å². The SMILES string of the molecule is CCCNCC(C)Cn1[nH]c(=O)ccc1=O. The maximum absolute atomic E-state index is 11.4. The summed E-state index contributed by atoms with van der Waals surface area (Å²) in [7, 11) is 0. The second-order valence-electron chi connectivity index (χ2n) is 4.07. The zero-order chi connectivity index (χ0) is 12.0. The summed E-state index contributed by atoms with van der Waals surface area (Å²) in [6, 6.07) is 2.55. The second-order valence-corrected chi connectivity index (χ2v) is 4.07. The first-order valence-corrected chi connectivity index (χ1v) is 5.64. The van der Waals surface area contributed by atoms with Crippen molar-refractivity contribution in [2.24, 2.45) is 5.92 Å². The van der Waals surface area contributed by atoms with E-state index in [1.165, 1.54) is 16.8 Å². The van der Waals surface area contributed by atoms with Gasteiger partial charge in [0.15, 0.2) is 0 Å². The number of hydrogen-bond acceptors (Lipinski definition) is 3. The summed E-state index contributed by atoms with van der Waals surface area (Å²) in [6.07, 6.45) is 1.09. The van der Waals surface area contributed by atoms with E-state index in [1.54, 1.807) is 0 Å². The van der Waals surface area contributed by atoms with E-state index in [1.807, 2.05) is 6.92 Å². The largest absolute Gasteiger partial charge is 0.316 e. The fourth-order valence-corrected chi connectivity index (χ4v) is 1.50. The van der Waals surface area contributed by atoms with E-state index in [2.05, 4.69) is 17.3 Å². The molecule has 0 saturated heterocycles. The molecule has 1 heterocycles. The van der Waals surface area contributed by atoms with E-state index >= 15 is 0 Å². The molecule has 0 saturated carbocycles. The molecule has 1 rings (SSSR count). The highest BCUT2D eigenvalue weighted by atomic mass is 16.1. The van der Waals surface area contributed by atoms with Gasteiger partial charge in [0, 0.05) is 18.7 Å². The van der Waals surface area contributed by atoms with Crippen LogP contribution in [0.4, 0.5) is 0 Å². The number of hydrogen-bond donors (Lipinski definition) is 2. The van der Waals surface area contributed by atoms with Crippen LogP contribution in [0, 0.1) is 5.92 Å². The molecule has 5 heteroatoms. The normalized spacial score (nSPS) is 12.6. The molecule has 2 N–H and O–H groups in total. The Labute approximate surface area is 94.5 Å². The molecule has 1 unspecified atom stereocenters. The molecule has 0 aliphatic rings. The molecule has 0 aliphatic carbocycles. The van der Waals surface area contributed by atoms with Crippen LogP contribution >= 0.6 is 0 Å². The number of H-pyrrole nitrogens is 1. The van der Waals surface area contributed by atoms with Crippen molar-refractivity contribution in [3.8, 4) is 0 Å². The van der Waals surface area contributed by atoms with Gasteiger partial charge >= 0.3 is 0 Å². The highest BCUT2D eigenvalue weighted by Gasteiger charge is 2.04. The molecule has 0 amide bonds. The summed E-state index contributed by atoms with van der Waals surface area (Å²) in [5, 5.41) is 5.80. The zero-order valence-corrected chi connectivity index (χ0v) is 9.82. The van der Waals surface area contributed by atoms with Crippen molar-refractivity contribution in [3.05, 3.63) is 32.8 Å². The maximum atomic E-state index is 11.4. The number of nitrogens with zero attached hydrogens (tertiary/aromatic N) is 1. The summed E-state index contributed by atoms with van der Waals surface area (Å²) in [5.41, 5.74) is -0.407. The van der Waals surface area contributed by atoms with Gasteiger partial charge < -0.3 is 5.32 Å². The van der Waals surface area contributed by atoms with Crippen LogP contribution in [-0.4, -0.2) is 22.9 Å². The number of aromatic amines is 1. The van der Waals surface area contributed by atoms with Gasteiger partial charge in [-0.3, -0.25) is 14.7 Å². The predicted octanol–water partition coefficient (Wildman–Crippen LogP) is 0.172. The fraction of sp³-hybridized carbons (Fsp3) is 0.636. The highest BCUT2D eigenvalue weighted by molar-refractivity contribution is 4.86. The van der Waals surface area contributed by atoms with Crippen LogP contribution in [0.3, 0.4) is 0 Å². The third-order valence-electron chi connectivity index (χ3n) is 2.30. The molecule has 16 heavy (non-hydrogen) atoms. The van der Waals surface area contributed by atoms with Gasteiger partial charge in [-0.15, -0.1) is 0 Å². The summed E-state index contributed by atoms with van der Waals surface area (Å²) in [4.78, 5) is 22.5. The Hall–Kier alpha value is -1.36. The van der Waals surface area contributed by atoms with Crippen molar-refractivity contribution in [1.82, 2.24) is 15.1 Å². The van der Waals surface area contributed by atoms with Gasteiger partial charge in [0.05, 0.1) is 0 Å². The zero-order valence-electron chi connectivity index (χ0n) is 9.82. The quantitative estimate of drug-likeness (QED) is 0.678. The Kier molecular flexibility index (Phi) is 4.98. The van der Waals surface area contributed by atoms with Gasteiger partial charge in [0.2, 0.25) is 0 Å². The molecule has 0 radical (unpaired) electrons. The molecular weight excluding hydrogens is 206 g/mol. The molecule has 0 spiro atoms. The van der Waals surface area contributed by atoms with Gasteiger partial charge in [0.25, 0.3) is 11.1 Å². The van der Waals surface area contributed by atoms with Crippen molar-refractivity contribution < 1.29 is 0 Å². The minimum absolute atomic E-state index is 0.165. The van der Waals surface area contributed by atoms with Crippen molar-refractivity contribution in [1.29, 1.82) is 0 Å². The van der Waals surface area contributed by atoms with E-state index in [9.17, 15) is 9.59 Å². The van der Waals surface area contributed by atoms with E-state index in [0.717, 1.165) is 19.5 Å². The van der Waals surface area contributed by atoms with Crippen LogP contribution in [-0.2, 0) is 6.54 Å². The third kappa shape index (κ3) is 4.02. The monoisotopic (exact) mass is 225 g/mol. The first-order chi connectivity index (χ1) is 7.63. The lowest BCUT2D eigenvalue weighted by molar-refractivity contribution is 0.408. The summed E-state index contributed by atoms with van der Waals surface area (Å²) in [6.45, 7) is 6.50. The predicted molar refractivity (Wildman–Crippen MR) is 63.6 cm³/mol. The molecule has 0 aromatic carbocycles. The van der Waals surface area contributed by atoms with Crippen LogP contribution in [0.25, 0.3) is 0 Å². The average molecular weight is 225 g/mol. The van der Waals surface area contributed by atoms with Crippen LogP contribution in [0.15, 0.2) is 21.7 Å². The fourth-order valence-electron chi connectivity index (χ4n) is 1.50.